The summed E-state index contributed by atoms with van der Waals surface area (Å²) >= 11 is 5.63. The molecular formula is C8H8ClF2NO3S. The van der Waals surface area contributed by atoms with Crippen molar-refractivity contribution in [3.8, 4) is 5.75 Å². The Morgan fingerprint density at radius 1 is 1.44 bits per heavy atom. The average Bonchev–Trinajstić information content (AvgIpc) is 2.14. The summed E-state index contributed by atoms with van der Waals surface area (Å²) in [6.07, 6.45) is -2.63. The molecule has 0 spiro atoms. The molecule has 0 aromatic heterocycles. The van der Waals surface area contributed by atoms with Crippen LogP contribution in [-0.4, -0.2) is 21.5 Å². The second-order valence-corrected chi connectivity index (χ2v) is 4.81. The van der Waals surface area contributed by atoms with E-state index in [-0.39, 0.29) is 15.7 Å². The fourth-order valence-electron chi connectivity index (χ4n) is 0.928. The Hall–Kier alpha value is -0.920. The third kappa shape index (κ3) is 3.58. The van der Waals surface area contributed by atoms with Gasteiger partial charge in [0, 0.05) is 0 Å². The molecule has 1 aromatic carbocycles. The molecule has 2 N–H and O–H groups in total. The van der Waals surface area contributed by atoms with Crippen molar-refractivity contribution in [2.24, 2.45) is 5.14 Å². The Labute approximate surface area is 96.0 Å². The summed E-state index contributed by atoms with van der Waals surface area (Å²) in [4.78, 5) is -0.207. The van der Waals surface area contributed by atoms with Gasteiger partial charge in [0.05, 0.1) is 9.92 Å². The lowest BCUT2D eigenvalue weighted by Crippen LogP contribution is -2.12. The maximum absolute atomic E-state index is 11.8. The monoisotopic (exact) mass is 271 g/mol. The highest BCUT2D eigenvalue weighted by Gasteiger charge is 2.12. The normalized spacial score (nSPS) is 11.8. The molecule has 0 bridgehead atoms. The van der Waals surface area contributed by atoms with Crippen molar-refractivity contribution in [3.63, 3.8) is 0 Å². The van der Waals surface area contributed by atoms with Gasteiger partial charge in [0.25, 0.3) is 6.43 Å². The number of primary sulfonamides is 1. The van der Waals surface area contributed by atoms with Gasteiger partial charge in [-0.2, -0.15) is 0 Å². The molecule has 0 aliphatic rings. The van der Waals surface area contributed by atoms with Crippen molar-refractivity contribution in [2.45, 2.75) is 11.3 Å². The van der Waals surface area contributed by atoms with Gasteiger partial charge in [0.1, 0.15) is 12.4 Å². The van der Waals surface area contributed by atoms with Crippen LogP contribution in [0.1, 0.15) is 0 Å². The van der Waals surface area contributed by atoms with Gasteiger partial charge in [0.2, 0.25) is 10.0 Å². The lowest BCUT2D eigenvalue weighted by atomic mass is 10.3. The fraction of sp³-hybridized carbons (Fsp3) is 0.250. The molecule has 0 fully saturated rings. The largest absolute Gasteiger partial charge is 0.486 e. The van der Waals surface area contributed by atoms with Crippen molar-refractivity contribution in [1.82, 2.24) is 0 Å². The molecule has 0 heterocycles. The molecule has 0 atom stereocenters. The van der Waals surface area contributed by atoms with Gasteiger partial charge in [0.15, 0.2) is 0 Å². The Morgan fingerprint density at radius 2 is 2.06 bits per heavy atom. The lowest BCUT2D eigenvalue weighted by molar-refractivity contribution is 0.0819. The number of ether oxygens (including phenoxy) is 1. The van der Waals surface area contributed by atoms with Crippen molar-refractivity contribution >= 4 is 21.6 Å². The van der Waals surface area contributed by atoms with Crippen molar-refractivity contribution < 1.29 is 21.9 Å². The number of hydrogen-bond donors (Lipinski definition) is 1. The third-order valence-corrected chi connectivity index (χ3v) is 2.80. The second-order valence-electron chi connectivity index (χ2n) is 2.84. The minimum absolute atomic E-state index is 0.0191. The van der Waals surface area contributed by atoms with E-state index in [0.29, 0.717) is 0 Å². The smallest absolute Gasteiger partial charge is 0.272 e. The zero-order valence-corrected chi connectivity index (χ0v) is 9.43. The molecule has 0 saturated heterocycles. The highest BCUT2D eigenvalue weighted by Crippen LogP contribution is 2.27. The highest BCUT2D eigenvalue weighted by atomic mass is 35.5. The maximum atomic E-state index is 11.8. The molecule has 0 saturated carbocycles. The first-order valence-corrected chi connectivity index (χ1v) is 5.96. The van der Waals surface area contributed by atoms with Crippen LogP contribution in [0.2, 0.25) is 5.02 Å². The number of sulfonamides is 1. The quantitative estimate of drug-likeness (QED) is 0.905. The van der Waals surface area contributed by atoms with E-state index in [1.54, 1.807) is 0 Å². The molecule has 4 nitrogen and oxygen atoms in total. The van der Waals surface area contributed by atoms with Gasteiger partial charge < -0.3 is 4.74 Å². The van der Waals surface area contributed by atoms with Crippen LogP contribution >= 0.6 is 11.6 Å². The van der Waals surface area contributed by atoms with E-state index in [2.05, 4.69) is 4.74 Å². The number of alkyl halides is 2. The van der Waals surface area contributed by atoms with Gasteiger partial charge in [-0.05, 0) is 18.2 Å². The first-order valence-electron chi connectivity index (χ1n) is 4.04. The van der Waals surface area contributed by atoms with Gasteiger partial charge in [-0.15, -0.1) is 0 Å². The molecule has 0 unspecified atom stereocenters. The van der Waals surface area contributed by atoms with E-state index in [1.807, 2.05) is 0 Å². The summed E-state index contributed by atoms with van der Waals surface area (Å²) in [7, 11) is -3.86. The fourth-order valence-corrected chi connectivity index (χ4v) is 1.77. The number of halogens is 3. The molecule has 90 valence electrons. The van der Waals surface area contributed by atoms with Crippen molar-refractivity contribution in [2.75, 3.05) is 6.61 Å². The minimum Gasteiger partial charge on any atom is -0.486 e. The summed E-state index contributed by atoms with van der Waals surface area (Å²) in [5.41, 5.74) is 0. The number of benzene rings is 1. The van der Waals surface area contributed by atoms with Crippen LogP contribution in [0.15, 0.2) is 23.1 Å². The molecule has 0 aliphatic heterocycles. The van der Waals surface area contributed by atoms with Crippen LogP contribution in [0.5, 0.6) is 5.75 Å². The van der Waals surface area contributed by atoms with Crippen molar-refractivity contribution in [1.29, 1.82) is 0 Å². The van der Waals surface area contributed by atoms with E-state index in [1.165, 1.54) is 6.07 Å². The highest BCUT2D eigenvalue weighted by molar-refractivity contribution is 7.89. The first-order chi connectivity index (χ1) is 7.30. The third-order valence-electron chi connectivity index (χ3n) is 1.60. The summed E-state index contributed by atoms with van der Waals surface area (Å²) in [5.74, 6) is -0.0191. The molecule has 0 amide bonds. The SMILES string of the molecule is NS(=O)(=O)c1ccc(OCC(F)F)c(Cl)c1. The average molecular weight is 272 g/mol. The second kappa shape index (κ2) is 4.94. The minimum atomic E-state index is -3.86. The van der Waals surface area contributed by atoms with Crippen LogP contribution in [0.25, 0.3) is 0 Å². The van der Waals surface area contributed by atoms with E-state index in [0.717, 1.165) is 12.1 Å². The van der Waals surface area contributed by atoms with Gasteiger partial charge in [-0.1, -0.05) is 11.6 Å². The number of hydrogen-bond acceptors (Lipinski definition) is 3. The standard InChI is InChI=1S/C8H8ClF2NO3S/c9-6-3-5(16(12,13)14)1-2-7(6)15-4-8(10)11/h1-3,8H,4H2,(H2,12,13,14). The van der Waals surface area contributed by atoms with Crippen LogP contribution in [0, 0.1) is 0 Å². The van der Waals surface area contributed by atoms with Crippen LogP contribution in [0.3, 0.4) is 0 Å². The Bertz CT molecular complexity index is 478. The first kappa shape index (κ1) is 13.1. The van der Waals surface area contributed by atoms with E-state index in [4.69, 9.17) is 16.7 Å². The number of nitrogens with two attached hydrogens (primary N) is 1. The molecule has 0 aliphatic carbocycles. The van der Waals surface area contributed by atoms with E-state index in [9.17, 15) is 17.2 Å². The zero-order chi connectivity index (χ0) is 12.3. The molecular weight excluding hydrogens is 264 g/mol. The van der Waals surface area contributed by atoms with Gasteiger partial charge >= 0.3 is 0 Å². The molecule has 0 radical (unpaired) electrons. The van der Waals surface area contributed by atoms with Crippen LogP contribution in [-0.2, 0) is 10.0 Å². The predicted molar refractivity (Wildman–Crippen MR) is 54.3 cm³/mol. The molecule has 16 heavy (non-hydrogen) atoms. The Morgan fingerprint density at radius 3 is 2.50 bits per heavy atom. The topological polar surface area (TPSA) is 69.4 Å². The van der Waals surface area contributed by atoms with E-state index < -0.39 is 23.1 Å². The summed E-state index contributed by atoms with van der Waals surface area (Å²) in [6.45, 7) is -0.811. The Balaban J connectivity index is 2.92. The predicted octanol–water partition coefficient (Wildman–Crippen LogP) is 1.63. The molecule has 1 rings (SSSR count). The zero-order valence-electron chi connectivity index (χ0n) is 7.86. The molecule has 8 heteroatoms. The summed E-state index contributed by atoms with van der Waals surface area (Å²) < 4.78 is 50.2. The van der Waals surface area contributed by atoms with Gasteiger partial charge in [-0.3, -0.25) is 0 Å². The van der Waals surface area contributed by atoms with Gasteiger partial charge in [-0.25, -0.2) is 22.3 Å². The molecule has 1 aromatic rings. The lowest BCUT2D eigenvalue weighted by Gasteiger charge is -2.08. The maximum Gasteiger partial charge on any atom is 0.272 e. The van der Waals surface area contributed by atoms with Crippen molar-refractivity contribution in [3.05, 3.63) is 23.2 Å². The van der Waals surface area contributed by atoms with Crippen LogP contribution < -0.4 is 9.88 Å². The summed E-state index contributed by atoms with van der Waals surface area (Å²) in [6, 6.07) is 3.34. The van der Waals surface area contributed by atoms with E-state index >= 15 is 0 Å². The summed E-state index contributed by atoms with van der Waals surface area (Å²) in [5, 5.41) is 4.76. The van der Waals surface area contributed by atoms with Crippen LogP contribution in [0.4, 0.5) is 8.78 Å². The number of rotatable bonds is 4. The Kier molecular flexibility index (Phi) is 4.06.